The Morgan fingerprint density at radius 1 is 1.14 bits per heavy atom. The summed E-state index contributed by atoms with van der Waals surface area (Å²) in [6.45, 7) is 1.01. The summed E-state index contributed by atoms with van der Waals surface area (Å²) in [7, 11) is 0. The molecule has 3 atom stereocenters. The molecular formula is C12H20N2O7. The highest BCUT2D eigenvalue weighted by atomic mass is 16.4. The molecule has 0 spiro atoms. The van der Waals surface area contributed by atoms with E-state index in [1.807, 2.05) is 0 Å². The molecule has 0 saturated carbocycles. The minimum absolute atomic E-state index is 0.0484. The molecule has 1 saturated heterocycles. The number of nitrogens with one attached hydrogen (secondary N) is 1. The minimum Gasteiger partial charge on any atom is -0.480 e. The first-order chi connectivity index (χ1) is 9.82. The van der Waals surface area contributed by atoms with Gasteiger partial charge in [0.1, 0.15) is 12.1 Å². The Morgan fingerprint density at radius 3 is 2.24 bits per heavy atom. The van der Waals surface area contributed by atoms with Crippen LogP contribution in [0, 0.1) is 0 Å². The van der Waals surface area contributed by atoms with Gasteiger partial charge in [-0.15, -0.1) is 0 Å². The number of rotatable bonds is 10. The van der Waals surface area contributed by atoms with E-state index in [2.05, 4.69) is 5.32 Å². The van der Waals surface area contributed by atoms with Crippen molar-refractivity contribution in [3.05, 3.63) is 0 Å². The molecule has 0 aromatic heterocycles. The van der Waals surface area contributed by atoms with Gasteiger partial charge >= 0.3 is 17.9 Å². The predicted molar refractivity (Wildman–Crippen MR) is 69.9 cm³/mol. The van der Waals surface area contributed by atoms with Crippen molar-refractivity contribution in [3.8, 4) is 0 Å². The molecule has 0 aromatic carbocycles. The van der Waals surface area contributed by atoms with Crippen LogP contribution in [0.3, 0.4) is 0 Å². The molecule has 1 fully saturated rings. The van der Waals surface area contributed by atoms with E-state index in [1.54, 1.807) is 4.90 Å². The average Bonchev–Trinajstić information content (AvgIpc) is 2.34. The summed E-state index contributed by atoms with van der Waals surface area (Å²) < 4.78 is 0. The van der Waals surface area contributed by atoms with Crippen molar-refractivity contribution in [3.63, 3.8) is 0 Å². The summed E-state index contributed by atoms with van der Waals surface area (Å²) in [5.41, 5.74) is 0. The Labute approximate surface area is 121 Å². The average molecular weight is 304 g/mol. The number of aliphatic hydroxyl groups excluding tert-OH is 1. The monoisotopic (exact) mass is 304 g/mol. The molecule has 0 aromatic rings. The summed E-state index contributed by atoms with van der Waals surface area (Å²) in [4.78, 5) is 34.0. The molecule has 0 amide bonds. The van der Waals surface area contributed by atoms with E-state index in [4.69, 9.17) is 20.4 Å². The SMILES string of the molecule is O=C(O)C(O)CCNC(CCN1CCC1C(=O)O)C(=O)O. The Kier molecular flexibility index (Phi) is 6.53. The van der Waals surface area contributed by atoms with Gasteiger partial charge in [0.15, 0.2) is 6.10 Å². The molecule has 1 heterocycles. The molecule has 3 unspecified atom stereocenters. The molecule has 1 aliphatic rings. The van der Waals surface area contributed by atoms with Gasteiger partial charge in [0.25, 0.3) is 0 Å². The van der Waals surface area contributed by atoms with Gasteiger partial charge in [-0.2, -0.15) is 0 Å². The molecule has 21 heavy (non-hydrogen) atoms. The van der Waals surface area contributed by atoms with E-state index in [-0.39, 0.29) is 19.4 Å². The molecule has 0 radical (unpaired) electrons. The van der Waals surface area contributed by atoms with Crippen molar-refractivity contribution in [2.24, 2.45) is 0 Å². The van der Waals surface area contributed by atoms with Crippen LogP contribution in [0.15, 0.2) is 0 Å². The minimum atomic E-state index is -1.53. The quantitative estimate of drug-likeness (QED) is 0.322. The largest absolute Gasteiger partial charge is 0.480 e. The number of hydrogen-bond acceptors (Lipinski definition) is 6. The fraction of sp³-hybridized carbons (Fsp3) is 0.750. The van der Waals surface area contributed by atoms with Crippen molar-refractivity contribution in [2.45, 2.75) is 37.5 Å². The van der Waals surface area contributed by atoms with Crippen molar-refractivity contribution >= 4 is 17.9 Å². The smallest absolute Gasteiger partial charge is 0.332 e. The topological polar surface area (TPSA) is 147 Å². The zero-order valence-corrected chi connectivity index (χ0v) is 11.4. The maximum Gasteiger partial charge on any atom is 0.332 e. The lowest BCUT2D eigenvalue weighted by molar-refractivity contribution is -0.148. The second kappa shape index (κ2) is 7.91. The molecule has 1 aliphatic heterocycles. The molecular weight excluding hydrogens is 284 g/mol. The highest BCUT2D eigenvalue weighted by molar-refractivity contribution is 5.75. The molecule has 9 nitrogen and oxygen atoms in total. The maximum atomic E-state index is 11.1. The highest BCUT2D eigenvalue weighted by Crippen LogP contribution is 2.17. The fourth-order valence-electron chi connectivity index (χ4n) is 2.11. The third kappa shape index (κ3) is 5.29. The lowest BCUT2D eigenvalue weighted by Gasteiger charge is -2.38. The molecule has 0 bridgehead atoms. The third-order valence-corrected chi connectivity index (χ3v) is 3.51. The predicted octanol–water partition coefficient (Wildman–Crippen LogP) is -1.59. The van der Waals surface area contributed by atoms with E-state index >= 15 is 0 Å². The van der Waals surface area contributed by atoms with Gasteiger partial charge < -0.3 is 25.7 Å². The first-order valence-corrected chi connectivity index (χ1v) is 6.67. The Morgan fingerprint density at radius 2 is 1.81 bits per heavy atom. The molecule has 0 aliphatic carbocycles. The van der Waals surface area contributed by atoms with Gasteiger partial charge in [0, 0.05) is 13.1 Å². The lowest BCUT2D eigenvalue weighted by Crippen LogP contribution is -2.54. The Bertz CT molecular complexity index is 401. The second-order valence-electron chi connectivity index (χ2n) is 4.96. The van der Waals surface area contributed by atoms with Crippen LogP contribution in [0.2, 0.25) is 0 Å². The number of aliphatic carboxylic acids is 3. The number of likely N-dealkylation sites (tertiary alicyclic amines) is 1. The normalized spacial score (nSPS) is 21.3. The van der Waals surface area contributed by atoms with E-state index in [0.717, 1.165) is 0 Å². The van der Waals surface area contributed by atoms with Gasteiger partial charge in [-0.1, -0.05) is 0 Å². The molecule has 120 valence electrons. The summed E-state index contributed by atoms with van der Waals surface area (Å²) in [5.74, 6) is -3.36. The number of carbonyl (C=O) groups is 3. The van der Waals surface area contributed by atoms with Gasteiger partial charge in [0.2, 0.25) is 0 Å². The third-order valence-electron chi connectivity index (χ3n) is 3.51. The molecule has 5 N–H and O–H groups in total. The lowest BCUT2D eigenvalue weighted by atomic mass is 10.0. The zero-order valence-electron chi connectivity index (χ0n) is 11.4. The number of aliphatic hydroxyl groups is 1. The van der Waals surface area contributed by atoms with Gasteiger partial charge in [0.05, 0.1) is 0 Å². The van der Waals surface area contributed by atoms with Crippen LogP contribution in [0.25, 0.3) is 0 Å². The number of carboxylic acids is 3. The summed E-state index contributed by atoms with van der Waals surface area (Å²) >= 11 is 0. The van der Waals surface area contributed by atoms with Crippen LogP contribution < -0.4 is 5.32 Å². The number of nitrogens with zero attached hydrogens (tertiary/aromatic N) is 1. The fourth-order valence-corrected chi connectivity index (χ4v) is 2.11. The van der Waals surface area contributed by atoms with Crippen molar-refractivity contribution < 1.29 is 34.8 Å². The van der Waals surface area contributed by atoms with Crippen molar-refractivity contribution in [1.82, 2.24) is 10.2 Å². The molecule has 1 rings (SSSR count). The second-order valence-corrected chi connectivity index (χ2v) is 4.96. The summed E-state index contributed by atoms with van der Waals surface area (Å²) in [5, 5.41) is 38.2. The van der Waals surface area contributed by atoms with E-state index in [9.17, 15) is 14.4 Å². The van der Waals surface area contributed by atoms with Crippen LogP contribution in [-0.2, 0) is 14.4 Å². The van der Waals surface area contributed by atoms with Crippen LogP contribution in [-0.4, -0.2) is 81.1 Å². The van der Waals surface area contributed by atoms with Gasteiger partial charge in [-0.3, -0.25) is 14.5 Å². The first-order valence-electron chi connectivity index (χ1n) is 6.67. The Hall–Kier alpha value is -1.71. The van der Waals surface area contributed by atoms with E-state index in [0.29, 0.717) is 19.5 Å². The van der Waals surface area contributed by atoms with Crippen LogP contribution in [0.5, 0.6) is 0 Å². The molecule has 9 heteroatoms. The first kappa shape index (κ1) is 17.3. The van der Waals surface area contributed by atoms with Crippen LogP contribution in [0.4, 0.5) is 0 Å². The summed E-state index contributed by atoms with van der Waals surface area (Å²) in [6, 6.07) is -1.45. The van der Waals surface area contributed by atoms with Crippen molar-refractivity contribution in [1.29, 1.82) is 0 Å². The van der Waals surface area contributed by atoms with E-state index < -0.39 is 36.1 Å². The highest BCUT2D eigenvalue weighted by Gasteiger charge is 2.34. The Balaban J connectivity index is 2.32. The van der Waals surface area contributed by atoms with Gasteiger partial charge in [-0.25, -0.2) is 4.79 Å². The standard InChI is InChI=1S/C12H20N2O7/c15-9(12(20)21)1-4-13-7(10(16)17)2-5-14-6-3-8(14)11(18)19/h7-9,13,15H,1-6H2,(H,16,17)(H,18,19)(H,20,21). The van der Waals surface area contributed by atoms with Crippen LogP contribution in [0.1, 0.15) is 19.3 Å². The zero-order chi connectivity index (χ0) is 16.0. The van der Waals surface area contributed by atoms with Gasteiger partial charge in [-0.05, 0) is 25.8 Å². The maximum absolute atomic E-state index is 11.1. The number of hydrogen-bond donors (Lipinski definition) is 5. The van der Waals surface area contributed by atoms with Crippen molar-refractivity contribution in [2.75, 3.05) is 19.6 Å². The number of carboxylic acid groups (broad SMARTS) is 3. The van der Waals surface area contributed by atoms with Crippen LogP contribution >= 0.6 is 0 Å². The van der Waals surface area contributed by atoms with E-state index in [1.165, 1.54) is 0 Å². The summed E-state index contributed by atoms with van der Waals surface area (Å²) in [6.07, 6.45) is -0.854.